The minimum absolute atomic E-state index is 0.137. The van der Waals surface area contributed by atoms with Crippen LogP contribution in [0.1, 0.15) is 34.8 Å². The summed E-state index contributed by atoms with van der Waals surface area (Å²) in [5.74, 6) is 0.137. The molecule has 0 spiro atoms. The highest BCUT2D eigenvalue weighted by Crippen LogP contribution is 2.30. The fraction of sp³-hybridized carbons (Fsp3) is 0.357. The molecular weight excluding hydrogens is 290 g/mol. The number of carbonyl (C=O) groups is 1. The van der Waals surface area contributed by atoms with E-state index in [9.17, 15) is 4.79 Å². The zero-order valence-electron chi connectivity index (χ0n) is 11.1. The van der Waals surface area contributed by atoms with Crippen molar-refractivity contribution in [2.24, 2.45) is 0 Å². The fourth-order valence-electron chi connectivity index (χ4n) is 2.43. The first-order valence-corrected chi connectivity index (χ1v) is 8.25. The number of hydrogen-bond acceptors (Lipinski definition) is 6. The molecule has 4 nitrogen and oxygen atoms in total. The molecule has 1 atom stereocenters. The van der Waals surface area contributed by atoms with Crippen molar-refractivity contribution in [2.75, 3.05) is 5.73 Å². The van der Waals surface area contributed by atoms with Crippen molar-refractivity contribution < 1.29 is 4.79 Å². The van der Waals surface area contributed by atoms with Gasteiger partial charge in [-0.2, -0.15) is 0 Å². The molecule has 0 saturated heterocycles. The molecular formula is C14H15N3OS2. The second kappa shape index (κ2) is 5.54. The number of carbonyl (C=O) groups excluding carboxylic acids is 1. The molecule has 6 heteroatoms. The topological polar surface area (TPSA) is 68.9 Å². The van der Waals surface area contributed by atoms with E-state index in [0.29, 0.717) is 5.13 Å². The van der Waals surface area contributed by atoms with Crippen molar-refractivity contribution in [1.82, 2.24) is 10.2 Å². The van der Waals surface area contributed by atoms with Gasteiger partial charge in [-0.15, -0.1) is 10.2 Å². The summed E-state index contributed by atoms with van der Waals surface area (Å²) in [6, 6.07) is 6.09. The van der Waals surface area contributed by atoms with Gasteiger partial charge in [-0.05, 0) is 43.4 Å². The minimum atomic E-state index is -0.179. The quantitative estimate of drug-likeness (QED) is 0.694. The second-order valence-electron chi connectivity index (χ2n) is 4.87. The maximum Gasteiger partial charge on any atom is 0.203 e. The Labute approximate surface area is 125 Å². The van der Waals surface area contributed by atoms with Crippen LogP contribution in [0.15, 0.2) is 22.5 Å². The largest absolute Gasteiger partial charge is 0.374 e. The average molecular weight is 305 g/mol. The van der Waals surface area contributed by atoms with Crippen LogP contribution in [0.25, 0.3) is 0 Å². The SMILES string of the molecule is C[C@H](Sc1nnc(N)s1)C(=O)c1ccc2c(c1)CCC2. The van der Waals surface area contributed by atoms with E-state index in [4.69, 9.17) is 5.73 Å². The number of nitrogens with two attached hydrogens (primary N) is 1. The molecule has 0 amide bonds. The second-order valence-corrected chi connectivity index (χ2v) is 7.46. The van der Waals surface area contributed by atoms with Gasteiger partial charge in [0.25, 0.3) is 0 Å². The van der Waals surface area contributed by atoms with E-state index in [0.717, 1.165) is 22.7 Å². The third-order valence-corrected chi connectivity index (χ3v) is 5.39. The van der Waals surface area contributed by atoms with Gasteiger partial charge in [0, 0.05) is 5.56 Å². The Morgan fingerprint density at radius 1 is 1.35 bits per heavy atom. The summed E-state index contributed by atoms with van der Waals surface area (Å²) in [6.07, 6.45) is 3.42. The molecule has 2 aromatic rings. The van der Waals surface area contributed by atoms with Crippen LogP contribution >= 0.6 is 23.1 Å². The van der Waals surface area contributed by atoms with Crippen molar-refractivity contribution in [3.05, 3.63) is 34.9 Å². The summed E-state index contributed by atoms with van der Waals surface area (Å²) in [7, 11) is 0. The van der Waals surface area contributed by atoms with Crippen molar-refractivity contribution in [1.29, 1.82) is 0 Å². The first kappa shape index (κ1) is 13.6. The number of nitrogen functional groups attached to an aromatic ring is 1. The van der Waals surface area contributed by atoms with Crippen LogP contribution < -0.4 is 5.73 Å². The van der Waals surface area contributed by atoms with Crippen LogP contribution in [-0.4, -0.2) is 21.2 Å². The van der Waals surface area contributed by atoms with Gasteiger partial charge in [0.2, 0.25) is 5.13 Å². The summed E-state index contributed by atoms with van der Waals surface area (Å²) in [5, 5.41) is 7.96. The van der Waals surface area contributed by atoms with E-state index in [2.05, 4.69) is 22.3 Å². The molecule has 0 aliphatic heterocycles. The van der Waals surface area contributed by atoms with Crippen LogP contribution in [-0.2, 0) is 12.8 Å². The van der Waals surface area contributed by atoms with Crippen LogP contribution in [0.4, 0.5) is 5.13 Å². The van der Waals surface area contributed by atoms with Crippen LogP contribution in [0, 0.1) is 0 Å². The molecule has 0 radical (unpaired) electrons. The molecule has 104 valence electrons. The van der Waals surface area contributed by atoms with Crippen molar-refractivity contribution >= 4 is 34.0 Å². The highest BCUT2D eigenvalue weighted by atomic mass is 32.2. The lowest BCUT2D eigenvalue weighted by Gasteiger charge is -2.09. The Kier molecular flexibility index (Phi) is 3.76. The van der Waals surface area contributed by atoms with Crippen molar-refractivity contribution in [2.45, 2.75) is 35.8 Å². The van der Waals surface area contributed by atoms with Crippen LogP contribution in [0.3, 0.4) is 0 Å². The third-order valence-electron chi connectivity index (χ3n) is 3.45. The number of ketones is 1. The van der Waals surface area contributed by atoms with Gasteiger partial charge < -0.3 is 5.73 Å². The number of rotatable bonds is 4. The lowest BCUT2D eigenvalue weighted by molar-refractivity contribution is 0.0994. The summed E-state index contributed by atoms with van der Waals surface area (Å²) in [4.78, 5) is 12.5. The van der Waals surface area contributed by atoms with Gasteiger partial charge in [-0.25, -0.2) is 0 Å². The monoisotopic (exact) mass is 305 g/mol. The summed E-state index contributed by atoms with van der Waals surface area (Å²) in [5.41, 5.74) is 9.06. The average Bonchev–Trinajstić information content (AvgIpc) is 3.05. The molecule has 0 unspecified atom stereocenters. The Balaban J connectivity index is 1.74. The lowest BCUT2D eigenvalue weighted by Crippen LogP contribution is -2.13. The predicted octanol–water partition coefficient (Wildman–Crippen LogP) is 2.97. The lowest BCUT2D eigenvalue weighted by atomic mass is 10.0. The minimum Gasteiger partial charge on any atom is -0.374 e. The Bertz CT molecular complexity index is 654. The Hall–Kier alpha value is -1.40. The fourth-order valence-corrected chi connectivity index (χ4v) is 4.29. The molecule has 2 N–H and O–H groups in total. The summed E-state index contributed by atoms with van der Waals surface area (Å²) < 4.78 is 0.740. The number of benzene rings is 1. The predicted molar refractivity (Wildman–Crippen MR) is 82.4 cm³/mol. The number of nitrogens with zero attached hydrogens (tertiary/aromatic N) is 2. The summed E-state index contributed by atoms with van der Waals surface area (Å²) >= 11 is 2.73. The van der Waals surface area contributed by atoms with Crippen LogP contribution in [0.5, 0.6) is 0 Å². The van der Waals surface area contributed by atoms with E-state index in [1.54, 1.807) is 0 Å². The highest BCUT2D eigenvalue weighted by Gasteiger charge is 2.20. The summed E-state index contributed by atoms with van der Waals surface area (Å²) in [6.45, 7) is 1.90. The van der Waals surface area contributed by atoms with E-state index < -0.39 is 0 Å². The third kappa shape index (κ3) is 2.71. The van der Waals surface area contributed by atoms with Gasteiger partial charge in [0.05, 0.1) is 5.25 Å². The van der Waals surface area contributed by atoms with Gasteiger partial charge >= 0.3 is 0 Å². The van der Waals surface area contributed by atoms with Gasteiger partial charge in [-0.3, -0.25) is 4.79 Å². The molecule has 3 rings (SSSR count). The molecule has 0 fully saturated rings. The molecule has 0 bridgehead atoms. The molecule has 1 heterocycles. The highest BCUT2D eigenvalue weighted by molar-refractivity contribution is 8.02. The Morgan fingerprint density at radius 2 is 2.15 bits per heavy atom. The first-order chi connectivity index (χ1) is 9.63. The zero-order valence-corrected chi connectivity index (χ0v) is 12.8. The normalized spacial score (nSPS) is 15.1. The molecule has 1 aliphatic carbocycles. The Morgan fingerprint density at radius 3 is 2.90 bits per heavy atom. The van der Waals surface area contributed by atoms with E-state index in [1.165, 1.54) is 40.6 Å². The van der Waals surface area contributed by atoms with Crippen molar-refractivity contribution in [3.63, 3.8) is 0 Å². The number of fused-ring (bicyclic) bond motifs is 1. The number of Topliss-reactive ketones (excluding diaryl/α,β-unsaturated/α-hetero) is 1. The number of anilines is 1. The molecule has 1 aromatic heterocycles. The molecule has 1 aromatic carbocycles. The zero-order chi connectivity index (χ0) is 14.1. The van der Waals surface area contributed by atoms with E-state index >= 15 is 0 Å². The number of hydrogen-bond donors (Lipinski definition) is 1. The van der Waals surface area contributed by atoms with Gasteiger partial charge in [0.15, 0.2) is 10.1 Å². The van der Waals surface area contributed by atoms with Crippen molar-refractivity contribution in [3.8, 4) is 0 Å². The van der Waals surface area contributed by atoms with Gasteiger partial charge in [-0.1, -0.05) is 35.2 Å². The molecule has 1 aliphatic rings. The van der Waals surface area contributed by atoms with Gasteiger partial charge in [0.1, 0.15) is 0 Å². The van der Waals surface area contributed by atoms with E-state index in [-0.39, 0.29) is 11.0 Å². The number of thioether (sulfide) groups is 1. The van der Waals surface area contributed by atoms with E-state index in [1.807, 2.05) is 13.0 Å². The first-order valence-electron chi connectivity index (χ1n) is 6.55. The number of aromatic nitrogens is 2. The maximum atomic E-state index is 12.5. The molecule has 0 saturated carbocycles. The smallest absolute Gasteiger partial charge is 0.203 e. The molecule has 20 heavy (non-hydrogen) atoms. The number of aryl methyl sites for hydroxylation is 2. The standard InChI is InChI=1S/C14H15N3OS2/c1-8(19-14-17-16-13(15)20-14)12(18)11-6-5-9-3-2-4-10(9)7-11/h5-8H,2-4H2,1H3,(H2,15,16)/t8-/m0/s1. The van der Waals surface area contributed by atoms with Crippen LogP contribution in [0.2, 0.25) is 0 Å². The maximum absolute atomic E-state index is 12.5.